The Morgan fingerprint density at radius 1 is 1.23 bits per heavy atom. The van der Waals surface area contributed by atoms with Crippen LogP contribution in [0.25, 0.3) is 0 Å². The molecule has 160 valence electrons. The number of sulfone groups is 1. The van der Waals surface area contributed by atoms with E-state index in [-0.39, 0.29) is 48.0 Å². The zero-order valence-electron chi connectivity index (χ0n) is 16.2. The minimum Gasteiger partial charge on any atom is -0.490 e. The minimum absolute atomic E-state index is 0.0160. The van der Waals surface area contributed by atoms with Gasteiger partial charge in [0.25, 0.3) is 0 Å². The van der Waals surface area contributed by atoms with Crippen molar-refractivity contribution >= 4 is 21.8 Å². The van der Waals surface area contributed by atoms with Gasteiger partial charge in [0.15, 0.2) is 15.7 Å². The van der Waals surface area contributed by atoms with Gasteiger partial charge in [-0.05, 0) is 43.9 Å². The minimum atomic E-state index is -3.56. The van der Waals surface area contributed by atoms with Gasteiger partial charge in [-0.2, -0.15) is 4.98 Å². The van der Waals surface area contributed by atoms with Crippen molar-refractivity contribution in [3.63, 3.8) is 0 Å². The molecule has 4 rings (SSSR count). The second-order valence-electron chi connectivity index (χ2n) is 7.38. The van der Waals surface area contributed by atoms with Crippen molar-refractivity contribution in [3.05, 3.63) is 36.0 Å². The highest BCUT2D eigenvalue weighted by Crippen LogP contribution is 2.26. The molecule has 2 aliphatic rings. The molecule has 1 aromatic heterocycles. The van der Waals surface area contributed by atoms with Crippen molar-refractivity contribution in [1.82, 2.24) is 20.4 Å². The molecule has 1 aliphatic carbocycles. The summed E-state index contributed by atoms with van der Waals surface area (Å²) in [5.41, 5.74) is 0. The van der Waals surface area contributed by atoms with Crippen LogP contribution in [0.15, 0.2) is 33.7 Å². The van der Waals surface area contributed by atoms with Crippen LogP contribution in [0, 0.1) is 0 Å². The summed E-state index contributed by atoms with van der Waals surface area (Å²) in [5.74, 6) is 0.326. The third kappa shape index (κ3) is 4.78. The summed E-state index contributed by atoms with van der Waals surface area (Å²) in [7, 11) is -3.56. The number of carbonyl (C=O) groups excluding carboxylic acids is 2. The number of nitrogens with one attached hydrogen (secondary N) is 1. The van der Waals surface area contributed by atoms with Gasteiger partial charge in [-0.1, -0.05) is 11.2 Å². The second kappa shape index (κ2) is 8.42. The van der Waals surface area contributed by atoms with Crippen molar-refractivity contribution in [1.29, 1.82) is 0 Å². The fraction of sp³-hybridized carbons (Fsp3) is 0.474. The maximum atomic E-state index is 12.7. The fourth-order valence-corrected chi connectivity index (χ4v) is 4.78. The summed E-state index contributed by atoms with van der Waals surface area (Å²) in [6.45, 7) is -0.0952. The van der Waals surface area contributed by atoms with Gasteiger partial charge in [-0.15, -0.1) is 0 Å². The largest absolute Gasteiger partial charge is 0.490 e. The number of amides is 3. The van der Waals surface area contributed by atoms with Crippen LogP contribution in [0.3, 0.4) is 0 Å². The first-order valence-corrected chi connectivity index (χ1v) is 11.4. The number of hydrogen-bond donors (Lipinski definition) is 1. The van der Waals surface area contributed by atoms with Crippen LogP contribution >= 0.6 is 0 Å². The first kappa shape index (κ1) is 20.3. The van der Waals surface area contributed by atoms with Gasteiger partial charge in [0.2, 0.25) is 11.8 Å². The van der Waals surface area contributed by atoms with Gasteiger partial charge in [-0.3, -0.25) is 10.1 Å². The Balaban J connectivity index is 1.35. The van der Waals surface area contributed by atoms with Gasteiger partial charge in [0.1, 0.15) is 18.8 Å². The molecular formula is C19H22N4O6S. The van der Waals surface area contributed by atoms with E-state index in [0.717, 1.165) is 25.7 Å². The number of aromatic nitrogens is 2. The highest BCUT2D eigenvalue weighted by molar-refractivity contribution is 7.91. The lowest BCUT2D eigenvalue weighted by Crippen LogP contribution is -2.27. The molecule has 30 heavy (non-hydrogen) atoms. The number of ether oxygens (including phenoxy) is 1. The quantitative estimate of drug-likeness (QED) is 0.618. The topological polar surface area (TPSA) is 132 Å². The Hall–Kier alpha value is -2.95. The summed E-state index contributed by atoms with van der Waals surface area (Å²) < 4.78 is 36.4. The fourth-order valence-electron chi connectivity index (χ4n) is 3.51. The molecule has 1 saturated heterocycles. The molecule has 0 atom stereocenters. The molecule has 0 radical (unpaired) electrons. The van der Waals surface area contributed by atoms with Crippen molar-refractivity contribution < 1.29 is 27.3 Å². The molecule has 2 aromatic rings. The molecule has 0 unspecified atom stereocenters. The highest BCUT2D eigenvalue weighted by atomic mass is 32.2. The molecule has 10 nitrogen and oxygen atoms in total. The van der Waals surface area contributed by atoms with Gasteiger partial charge < -0.3 is 14.2 Å². The van der Waals surface area contributed by atoms with Crippen LogP contribution in [-0.2, 0) is 27.6 Å². The average Bonchev–Trinajstić information content (AvgIpc) is 3.44. The zero-order valence-corrected chi connectivity index (χ0v) is 17.1. The monoisotopic (exact) mass is 434 g/mol. The Morgan fingerprint density at radius 2 is 2.03 bits per heavy atom. The van der Waals surface area contributed by atoms with Crippen LogP contribution in [0.1, 0.15) is 37.4 Å². The van der Waals surface area contributed by atoms with E-state index in [1.807, 2.05) is 0 Å². The molecule has 0 bridgehead atoms. The lowest BCUT2D eigenvalue weighted by Gasteiger charge is -2.13. The molecule has 2 heterocycles. The molecule has 2 fully saturated rings. The summed E-state index contributed by atoms with van der Waals surface area (Å²) in [6, 6.07) is 6.01. The summed E-state index contributed by atoms with van der Waals surface area (Å²) in [5, 5.41) is 5.92. The number of urea groups is 1. The first-order valence-electron chi connectivity index (χ1n) is 9.79. The molecule has 1 aromatic carbocycles. The lowest BCUT2D eigenvalue weighted by atomic mass is 10.3. The highest BCUT2D eigenvalue weighted by Gasteiger charge is 2.28. The summed E-state index contributed by atoms with van der Waals surface area (Å²) in [6.07, 6.45) is 4.45. The van der Waals surface area contributed by atoms with E-state index in [9.17, 15) is 18.0 Å². The van der Waals surface area contributed by atoms with E-state index in [1.54, 1.807) is 24.3 Å². The molecule has 1 aliphatic heterocycles. The van der Waals surface area contributed by atoms with Crippen LogP contribution < -0.4 is 10.1 Å². The van der Waals surface area contributed by atoms with Gasteiger partial charge in [0.05, 0.1) is 16.8 Å². The first-order chi connectivity index (χ1) is 14.4. The lowest BCUT2D eigenvalue weighted by molar-refractivity contribution is -0.118. The smallest absolute Gasteiger partial charge is 0.325 e. The van der Waals surface area contributed by atoms with Crippen LogP contribution in [0.4, 0.5) is 4.79 Å². The predicted molar refractivity (Wildman–Crippen MR) is 103 cm³/mol. The number of aryl methyl sites for hydroxylation is 1. The number of hydrogen-bond acceptors (Lipinski definition) is 8. The van der Waals surface area contributed by atoms with E-state index in [4.69, 9.17) is 9.26 Å². The maximum absolute atomic E-state index is 12.7. The normalized spacial score (nSPS) is 17.5. The Morgan fingerprint density at radius 3 is 2.77 bits per heavy atom. The molecular weight excluding hydrogens is 412 g/mol. The average molecular weight is 434 g/mol. The Kier molecular flexibility index (Phi) is 5.71. The Labute approximate surface area is 173 Å². The van der Waals surface area contributed by atoms with Crippen LogP contribution in [0.2, 0.25) is 0 Å². The molecule has 0 spiro atoms. The van der Waals surface area contributed by atoms with Crippen molar-refractivity contribution in [2.45, 2.75) is 49.6 Å². The Bertz CT molecular complexity index is 1040. The van der Waals surface area contributed by atoms with Crippen LogP contribution in [0.5, 0.6) is 5.75 Å². The van der Waals surface area contributed by atoms with E-state index in [2.05, 4.69) is 15.5 Å². The van der Waals surface area contributed by atoms with E-state index in [0.29, 0.717) is 5.75 Å². The van der Waals surface area contributed by atoms with Crippen molar-refractivity contribution in [2.75, 3.05) is 12.3 Å². The van der Waals surface area contributed by atoms with Gasteiger partial charge in [-0.25, -0.2) is 13.2 Å². The molecule has 11 heteroatoms. The summed E-state index contributed by atoms with van der Waals surface area (Å²) >= 11 is 0. The maximum Gasteiger partial charge on any atom is 0.325 e. The number of benzene rings is 1. The zero-order chi connectivity index (χ0) is 21.1. The predicted octanol–water partition coefficient (Wildman–Crippen LogP) is 1.46. The standard InChI is InChI=1S/C19H22N4O6S/c24-17-11-23(19(25)21-17)12-18-20-16(22-29-18)8-9-30(26,27)15-7-3-6-14(10-15)28-13-4-1-2-5-13/h3,6-7,10,13H,1-2,4-5,8-9,11-12H2,(H,21,24,25). The number of imide groups is 1. The molecule has 1 N–H and O–H groups in total. The van der Waals surface area contributed by atoms with Crippen molar-refractivity contribution in [3.8, 4) is 5.75 Å². The molecule has 3 amide bonds. The van der Waals surface area contributed by atoms with E-state index >= 15 is 0 Å². The third-order valence-corrected chi connectivity index (χ3v) is 6.78. The van der Waals surface area contributed by atoms with E-state index in [1.165, 1.54) is 4.90 Å². The summed E-state index contributed by atoms with van der Waals surface area (Å²) in [4.78, 5) is 28.3. The number of nitrogens with zero attached hydrogens (tertiary/aromatic N) is 3. The molecule has 1 saturated carbocycles. The van der Waals surface area contributed by atoms with Crippen molar-refractivity contribution in [2.24, 2.45) is 0 Å². The van der Waals surface area contributed by atoms with E-state index < -0.39 is 21.8 Å². The SMILES string of the molecule is O=C1CN(Cc2nc(CCS(=O)(=O)c3cccc(OC4CCCC4)c3)no2)C(=O)N1. The van der Waals surface area contributed by atoms with Gasteiger partial charge in [0, 0.05) is 6.42 Å². The number of carbonyl (C=O) groups is 2. The second-order valence-corrected chi connectivity index (χ2v) is 9.49. The van der Waals surface area contributed by atoms with Crippen LogP contribution in [-0.4, -0.2) is 53.8 Å². The third-order valence-electron chi connectivity index (χ3n) is 5.07. The number of rotatable bonds is 8. The van der Waals surface area contributed by atoms with Gasteiger partial charge >= 0.3 is 6.03 Å².